The van der Waals surface area contributed by atoms with Crippen molar-refractivity contribution in [1.29, 1.82) is 0 Å². The first kappa shape index (κ1) is 11.0. The van der Waals surface area contributed by atoms with Crippen LogP contribution in [0.15, 0.2) is 12.4 Å². The van der Waals surface area contributed by atoms with Gasteiger partial charge in [-0.15, -0.1) is 0 Å². The molecule has 0 atom stereocenters. The molecule has 0 fully saturated rings. The van der Waals surface area contributed by atoms with E-state index in [-0.39, 0.29) is 0 Å². The number of hydrogen-bond acceptors (Lipinski definition) is 2. The lowest BCUT2D eigenvalue weighted by atomic mass is 10.4. The Balaban J connectivity index is 2.06. The largest absolute Gasteiger partial charge is 0.317 e. The average molecular weight is 293 g/mol. The summed E-state index contributed by atoms with van der Waals surface area (Å²) in [5.74, 6) is 0. The summed E-state index contributed by atoms with van der Waals surface area (Å²) in [4.78, 5) is 0. The zero-order chi connectivity index (χ0) is 9.52. The van der Waals surface area contributed by atoms with Gasteiger partial charge in [0.2, 0.25) is 0 Å². The molecule has 0 bridgehead atoms. The number of aryl methyl sites for hydroxylation is 1. The van der Waals surface area contributed by atoms with Gasteiger partial charge in [-0.25, -0.2) is 0 Å². The van der Waals surface area contributed by atoms with Crippen molar-refractivity contribution in [2.45, 2.75) is 26.3 Å². The highest BCUT2D eigenvalue weighted by atomic mass is 127. The Morgan fingerprint density at radius 1 is 1.54 bits per heavy atom. The van der Waals surface area contributed by atoms with Crippen LogP contribution in [0.2, 0.25) is 0 Å². The van der Waals surface area contributed by atoms with Gasteiger partial charge in [0, 0.05) is 12.7 Å². The summed E-state index contributed by atoms with van der Waals surface area (Å²) < 4.78 is 3.20. The predicted octanol–water partition coefficient (Wildman–Crippen LogP) is 1.88. The molecule has 13 heavy (non-hydrogen) atoms. The predicted molar refractivity (Wildman–Crippen MR) is 62.7 cm³/mol. The maximum atomic E-state index is 4.21. The Hall–Kier alpha value is -0.100. The minimum absolute atomic E-state index is 1.01. The van der Waals surface area contributed by atoms with Crippen LogP contribution >= 0.6 is 22.6 Å². The summed E-state index contributed by atoms with van der Waals surface area (Å²) in [6.45, 7) is 5.41. The molecular formula is C9H16IN3. The molecule has 0 amide bonds. The van der Waals surface area contributed by atoms with Crippen LogP contribution < -0.4 is 5.32 Å². The smallest absolute Gasteiger partial charge is 0.0623 e. The second-order valence-corrected chi connectivity index (χ2v) is 4.27. The SMILES string of the molecule is CCCNCCCn1cc(I)cn1. The van der Waals surface area contributed by atoms with Gasteiger partial charge < -0.3 is 5.32 Å². The van der Waals surface area contributed by atoms with Crippen LogP contribution in [0.25, 0.3) is 0 Å². The fourth-order valence-corrected chi connectivity index (χ4v) is 1.57. The van der Waals surface area contributed by atoms with E-state index in [1.165, 1.54) is 9.99 Å². The molecule has 0 spiro atoms. The second kappa shape index (κ2) is 6.37. The van der Waals surface area contributed by atoms with Crippen molar-refractivity contribution in [2.75, 3.05) is 13.1 Å². The second-order valence-electron chi connectivity index (χ2n) is 3.03. The van der Waals surface area contributed by atoms with Crippen LogP contribution in [-0.4, -0.2) is 22.9 Å². The van der Waals surface area contributed by atoms with Crippen LogP contribution in [0.1, 0.15) is 19.8 Å². The van der Waals surface area contributed by atoms with E-state index >= 15 is 0 Å². The highest BCUT2D eigenvalue weighted by molar-refractivity contribution is 14.1. The number of rotatable bonds is 6. The lowest BCUT2D eigenvalue weighted by Crippen LogP contribution is -2.17. The Kier molecular flexibility index (Phi) is 5.38. The van der Waals surface area contributed by atoms with Gasteiger partial charge in [-0.05, 0) is 48.5 Å². The molecule has 0 aliphatic rings. The topological polar surface area (TPSA) is 29.9 Å². The normalized spacial score (nSPS) is 10.6. The number of nitrogens with one attached hydrogen (secondary N) is 1. The van der Waals surface area contributed by atoms with Gasteiger partial charge >= 0.3 is 0 Å². The van der Waals surface area contributed by atoms with Crippen molar-refractivity contribution in [2.24, 2.45) is 0 Å². The van der Waals surface area contributed by atoms with Crippen molar-refractivity contribution < 1.29 is 0 Å². The van der Waals surface area contributed by atoms with E-state index in [9.17, 15) is 0 Å². The van der Waals surface area contributed by atoms with Gasteiger partial charge in [0.25, 0.3) is 0 Å². The van der Waals surface area contributed by atoms with Crippen LogP contribution in [0.5, 0.6) is 0 Å². The van der Waals surface area contributed by atoms with E-state index in [0.717, 1.165) is 26.1 Å². The summed E-state index contributed by atoms with van der Waals surface area (Å²) in [6.07, 6.45) is 6.32. The van der Waals surface area contributed by atoms with E-state index in [1.807, 2.05) is 10.9 Å². The van der Waals surface area contributed by atoms with E-state index in [2.05, 4.69) is 46.1 Å². The van der Waals surface area contributed by atoms with Gasteiger partial charge in [-0.1, -0.05) is 6.92 Å². The molecule has 1 aromatic rings. The summed E-state index contributed by atoms with van der Waals surface area (Å²) in [5.41, 5.74) is 0. The zero-order valence-electron chi connectivity index (χ0n) is 7.96. The molecule has 1 N–H and O–H groups in total. The molecule has 74 valence electrons. The maximum Gasteiger partial charge on any atom is 0.0623 e. The van der Waals surface area contributed by atoms with Gasteiger partial charge in [-0.2, -0.15) is 5.10 Å². The molecule has 1 heterocycles. The van der Waals surface area contributed by atoms with Crippen molar-refractivity contribution in [3.05, 3.63) is 16.0 Å². The summed E-state index contributed by atoms with van der Waals surface area (Å²) in [5, 5.41) is 7.58. The van der Waals surface area contributed by atoms with Crippen LogP contribution in [0.3, 0.4) is 0 Å². The maximum absolute atomic E-state index is 4.21. The van der Waals surface area contributed by atoms with Crippen molar-refractivity contribution in [3.8, 4) is 0 Å². The molecule has 0 radical (unpaired) electrons. The van der Waals surface area contributed by atoms with E-state index in [0.29, 0.717) is 0 Å². The minimum atomic E-state index is 1.01. The van der Waals surface area contributed by atoms with E-state index in [1.54, 1.807) is 0 Å². The highest BCUT2D eigenvalue weighted by Gasteiger charge is 1.93. The molecule has 0 saturated heterocycles. The third-order valence-electron chi connectivity index (χ3n) is 1.77. The third-order valence-corrected chi connectivity index (χ3v) is 2.33. The van der Waals surface area contributed by atoms with Gasteiger partial charge in [0.15, 0.2) is 0 Å². The van der Waals surface area contributed by atoms with E-state index in [4.69, 9.17) is 0 Å². The Morgan fingerprint density at radius 2 is 2.38 bits per heavy atom. The molecule has 0 aliphatic heterocycles. The van der Waals surface area contributed by atoms with Gasteiger partial charge in [0.05, 0.1) is 9.77 Å². The summed E-state index contributed by atoms with van der Waals surface area (Å²) in [6, 6.07) is 0. The van der Waals surface area contributed by atoms with Crippen molar-refractivity contribution in [3.63, 3.8) is 0 Å². The summed E-state index contributed by atoms with van der Waals surface area (Å²) in [7, 11) is 0. The molecule has 1 aromatic heterocycles. The summed E-state index contributed by atoms with van der Waals surface area (Å²) >= 11 is 2.28. The zero-order valence-corrected chi connectivity index (χ0v) is 10.1. The van der Waals surface area contributed by atoms with Gasteiger partial charge in [-0.3, -0.25) is 4.68 Å². The molecule has 1 rings (SSSR count). The lowest BCUT2D eigenvalue weighted by molar-refractivity contribution is 0.542. The monoisotopic (exact) mass is 293 g/mol. The number of nitrogens with zero attached hydrogens (tertiary/aromatic N) is 2. The average Bonchev–Trinajstić information content (AvgIpc) is 2.51. The number of aromatic nitrogens is 2. The lowest BCUT2D eigenvalue weighted by Gasteiger charge is -2.02. The first-order chi connectivity index (χ1) is 6.33. The van der Waals surface area contributed by atoms with Crippen LogP contribution in [0.4, 0.5) is 0 Å². The van der Waals surface area contributed by atoms with Crippen LogP contribution in [0, 0.1) is 3.57 Å². The molecule has 3 nitrogen and oxygen atoms in total. The molecule has 0 aromatic carbocycles. The van der Waals surface area contributed by atoms with Crippen molar-refractivity contribution in [1.82, 2.24) is 15.1 Å². The Morgan fingerprint density at radius 3 is 3.00 bits per heavy atom. The van der Waals surface area contributed by atoms with E-state index < -0.39 is 0 Å². The standard InChI is InChI=1S/C9H16IN3/c1-2-4-11-5-3-6-13-8-9(10)7-12-13/h7-8,11H,2-6H2,1H3. The minimum Gasteiger partial charge on any atom is -0.317 e. The fourth-order valence-electron chi connectivity index (χ4n) is 1.13. The molecule has 0 saturated carbocycles. The fraction of sp³-hybridized carbons (Fsp3) is 0.667. The third kappa shape index (κ3) is 4.61. The van der Waals surface area contributed by atoms with Gasteiger partial charge in [0.1, 0.15) is 0 Å². The number of halogens is 1. The first-order valence-corrected chi connectivity index (χ1v) is 5.79. The highest BCUT2D eigenvalue weighted by Crippen LogP contribution is 2.01. The Bertz CT molecular complexity index is 235. The first-order valence-electron chi connectivity index (χ1n) is 4.71. The Labute approximate surface area is 93.0 Å². The molecular weight excluding hydrogens is 277 g/mol. The van der Waals surface area contributed by atoms with Crippen molar-refractivity contribution >= 4 is 22.6 Å². The molecule has 4 heteroatoms. The number of hydrogen-bond donors (Lipinski definition) is 1. The van der Waals surface area contributed by atoms with Crippen LogP contribution in [-0.2, 0) is 6.54 Å². The molecule has 0 aliphatic carbocycles. The molecule has 0 unspecified atom stereocenters. The quantitative estimate of drug-likeness (QED) is 0.641.